The van der Waals surface area contributed by atoms with Gasteiger partial charge in [0.05, 0.1) is 23.6 Å². The van der Waals surface area contributed by atoms with Gasteiger partial charge >= 0.3 is 6.03 Å². The average Bonchev–Trinajstić information content (AvgIpc) is 2.70. The summed E-state index contributed by atoms with van der Waals surface area (Å²) in [7, 11) is -3.03. The SMILES string of the molecule is Cc1ccc(N2C(=O)N[C@@H]3CS(=O)(=O)C[C@@H]32)cc1. The molecule has 2 amide bonds. The van der Waals surface area contributed by atoms with Crippen LogP contribution in [0.3, 0.4) is 0 Å². The fourth-order valence-electron chi connectivity index (χ4n) is 2.61. The zero-order valence-electron chi connectivity index (χ0n) is 9.96. The van der Waals surface area contributed by atoms with Crippen LogP contribution in [0, 0.1) is 6.92 Å². The molecule has 0 aliphatic carbocycles. The quantitative estimate of drug-likeness (QED) is 0.761. The molecule has 0 bridgehead atoms. The van der Waals surface area contributed by atoms with Gasteiger partial charge in [0.15, 0.2) is 9.84 Å². The fraction of sp³-hybridized carbons (Fsp3) is 0.417. The third-order valence-corrected chi connectivity index (χ3v) is 5.21. The van der Waals surface area contributed by atoms with Gasteiger partial charge in [0.1, 0.15) is 0 Å². The summed E-state index contributed by atoms with van der Waals surface area (Å²) < 4.78 is 23.2. The molecule has 1 aromatic carbocycles. The molecule has 0 saturated carbocycles. The van der Waals surface area contributed by atoms with Crippen LogP contribution in [-0.2, 0) is 9.84 Å². The van der Waals surface area contributed by atoms with E-state index in [-0.39, 0.29) is 29.6 Å². The Hall–Kier alpha value is -1.56. The lowest BCUT2D eigenvalue weighted by atomic mass is 10.1. The van der Waals surface area contributed by atoms with E-state index in [0.717, 1.165) is 11.3 Å². The molecule has 0 radical (unpaired) electrons. The third-order valence-electron chi connectivity index (χ3n) is 3.49. The van der Waals surface area contributed by atoms with Crippen molar-refractivity contribution in [3.8, 4) is 0 Å². The monoisotopic (exact) mass is 266 g/mol. The third kappa shape index (κ3) is 1.77. The maximum atomic E-state index is 11.9. The van der Waals surface area contributed by atoms with Gasteiger partial charge in [-0.25, -0.2) is 13.2 Å². The van der Waals surface area contributed by atoms with E-state index in [1.54, 1.807) is 4.90 Å². The Morgan fingerprint density at radius 3 is 2.56 bits per heavy atom. The highest BCUT2D eigenvalue weighted by Crippen LogP contribution is 2.29. The molecule has 0 aromatic heterocycles. The van der Waals surface area contributed by atoms with E-state index >= 15 is 0 Å². The Kier molecular flexibility index (Phi) is 2.38. The van der Waals surface area contributed by atoms with Crippen molar-refractivity contribution in [2.45, 2.75) is 19.0 Å². The molecule has 2 saturated heterocycles. The fourth-order valence-corrected chi connectivity index (χ4v) is 4.50. The molecule has 5 nitrogen and oxygen atoms in total. The number of sulfone groups is 1. The van der Waals surface area contributed by atoms with E-state index in [1.807, 2.05) is 31.2 Å². The zero-order chi connectivity index (χ0) is 12.9. The maximum absolute atomic E-state index is 11.9. The minimum Gasteiger partial charge on any atom is -0.332 e. The molecular formula is C12H14N2O3S. The Morgan fingerprint density at radius 1 is 1.22 bits per heavy atom. The lowest BCUT2D eigenvalue weighted by Crippen LogP contribution is -2.36. The Morgan fingerprint density at radius 2 is 1.89 bits per heavy atom. The zero-order valence-corrected chi connectivity index (χ0v) is 10.8. The van der Waals surface area contributed by atoms with Crippen LogP contribution in [0.2, 0.25) is 0 Å². The molecule has 0 unspecified atom stereocenters. The number of amides is 2. The molecule has 2 aliphatic rings. The van der Waals surface area contributed by atoms with Crippen LogP contribution in [0.15, 0.2) is 24.3 Å². The summed E-state index contributed by atoms with van der Waals surface area (Å²) in [5.74, 6) is 0.0933. The van der Waals surface area contributed by atoms with E-state index < -0.39 is 9.84 Å². The lowest BCUT2D eigenvalue weighted by molar-refractivity contribution is 0.251. The van der Waals surface area contributed by atoms with Crippen molar-refractivity contribution >= 4 is 21.6 Å². The van der Waals surface area contributed by atoms with Gasteiger partial charge in [0.2, 0.25) is 0 Å². The second kappa shape index (κ2) is 3.71. The Bertz CT molecular complexity index is 594. The molecule has 2 fully saturated rings. The number of nitrogens with zero attached hydrogens (tertiary/aromatic N) is 1. The lowest BCUT2D eigenvalue weighted by Gasteiger charge is -2.21. The maximum Gasteiger partial charge on any atom is 0.322 e. The highest BCUT2D eigenvalue weighted by molar-refractivity contribution is 7.91. The van der Waals surface area contributed by atoms with Crippen molar-refractivity contribution in [3.63, 3.8) is 0 Å². The number of nitrogens with one attached hydrogen (secondary N) is 1. The number of hydrogen-bond donors (Lipinski definition) is 1. The number of aryl methyl sites for hydroxylation is 1. The molecule has 6 heteroatoms. The summed E-state index contributed by atoms with van der Waals surface area (Å²) in [4.78, 5) is 13.5. The summed E-state index contributed by atoms with van der Waals surface area (Å²) in [5.41, 5.74) is 1.86. The van der Waals surface area contributed by atoms with Crippen LogP contribution in [0.5, 0.6) is 0 Å². The van der Waals surface area contributed by atoms with Gasteiger partial charge in [-0.2, -0.15) is 0 Å². The topological polar surface area (TPSA) is 66.5 Å². The number of carbonyl (C=O) groups excluding carboxylic acids is 1. The van der Waals surface area contributed by atoms with Crippen molar-refractivity contribution in [2.75, 3.05) is 16.4 Å². The summed E-state index contributed by atoms with van der Waals surface area (Å²) in [6.45, 7) is 1.97. The van der Waals surface area contributed by atoms with Gasteiger partial charge < -0.3 is 5.32 Å². The van der Waals surface area contributed by atoms with Gasteiger partial charge in [0, 0.05) is 5.69 Å². The van der Waals surface area contributed by atoms with E-state index in [0.29, 0.717) is 0 Å². The number of rotatable bonds is 1. The van der Waals surface area contributed by atoms with Crippen LogP contribution < -0.4 is 10.2 Å². The minimum absolute atomic E-state index is 0.0459. The van der Waals surface area contributed by atoms with Crippen LogP contribution in [-0.4, -0.2) is 38.0 Å². The van der Waals surface area contributed by atoms with Gasteiger partial charge in [0.25, 0.3) is 0 Å². The summed E-state index contributed by atoms with van der Waals surface area (Å²) in [6, 6.07) is 6.78. The van der Waals surface area contributed by atoms with Crippen molar-refractivity contribution in [2.24, 2.45) is 0 Å². The van der Waals surface area contributed by atoms with Gasteiger partial charge in [-0.05, 0) is 19.1 Å². The van der Waals surface area contributed by atoms with Gasteiger partial charge in [-0.15, -0.1) is 0 Å². The van der Waals surface area contributed by atoms with Crippen LogP contribution in [0.1, 0.15) is 5.56 Å². The predicted molar refractivity (Wildman–Crippen MR) is 68.4 cm³/mol. The molecule has 3 rings (SSSR count). The Balaban J connectivity index is 1.96. The highest BCUT2D eigenvalue weighted by Gasteiger charge is 2.49. The van der Waals surface area contributed by atoms with Crippen molar-refractivity contribution < 1.29 is 13.2 Å². The van der Waals surface area contributed by atoms with E-state index in [4.69, 9.17) is 0 Å². The molecular weight excluding hydrogens is 252 g/mol. The number of anilines is 1. The van der Waals surface area contributed by atoms with Crippen molar-refractivity contribution in [3.05, 3.63) is 29.8 Å². The molecule has 2 aliphatic heterocycles. The molecule has 96 valence electrons. The second-order valence-corrected chi connectivity index (χ2v) is 7.06. The number of benzene rings is 1. The van der Waals surface area contributed by atoms with Crippen LogP contribution in [0.4, 0.5) is 10.5 Å². The normalized spacial score (nSPS) is 29.2. The van der Waals surface area contributed by atoms with Crippen molar-refractivity contribution in [1.29, 1.82) is 0 Å². The van der Waals surface area contributed by atoms with Crippen LogP contribution >= 0.6 is 0 Å². The number of carbonyl (C=O) groups is 1. The largest absolute Gasteiger partial charge is 0.332 e. The number of urea groups is 1. The first-order valence-electron chi connectivity index (χ1n) is 5.83. The summed E-state index contributed by atoms with van der Waals surface area (Å²) >= 11 is 0. The average molecular weight is 266 g/mol. The van der Waals surface area contributed by atoms with Gasteiger partial charge in [-0.1, -0.05) is 17.7 Å². The standard InChI is InChI=1S/C12H14N2O3S/c1-8-2-4-9(5-3-8)14-11-7-18(16,17)6-10(11)13-12(14)15/h2-5,10-11H,6-7H2,1H3,(H,13,15)/t10-,11+/m1/s1. The number of fused-ring (bicyclic) bond motifs is 1. The summed E-state index contributed by atoms with van der Waals surface area (Å²) in [6.07, 6.45) is 0. The molecule has 1 aromatic rings. The molecule has 18 heavy (non-hydrogen) atoms. The van der Waals surface area contributed by atoms with E-state index in [2.05, 4.69) is 5.32 Å². The second-order valence-electron chi connectivity index (χ2n) is 4.91. The summed E-state index contributed by atoms with van der Waals surface area (Å²) in [5, 5.41) is 2.74. The smallest absolute Gasteiger partial charge is 0.322 e. The molecule has 2 heterocycles. The van der Waals surface area contributed by atoms with Crippen molar-refractivity contribution in [1.82, 2.24) is 5.32 Å². The highest BCUT2D eigenvalue weighted by atomic mass is 32.2. The minimum atomic E-state index is -3.03. The molecule has 1 N–H and O–H groups in total. The molecule has 0 spiro atoms. The Labute approximate surface area is 106 Å². The van der Waals surface area contributed by atoms with Gasteiger partial charge in [-0.3, -0.25) is 4.90 Å². The first-order valence-corrected chi connectivity index (χ1v) is 7.65. The molecule has 2 atom stereocenters. The van der Waals surface area contributed by atoms with E-state index in [1.165, 1.54) is 0 Å². The van der Waals surface area contributed by atoms with Crippen LogP contribution in [0.25, 0.3) is 0 Å². The predicted octanol–water partition coefficient (Wildman–Crippen LogP) is 0.690. The van der Waals surface area contributed by atoms with E-state index in [9.17, 15) is 13.2 Å². The first kappa shape index (κ1) is 11.5. The number of hydrogen-bond acceptors (Lipinski definition) is 3. The first-order chi connectivity index (χ1) is 8.46.